The Morgan fingerprint density at radius 2 is 1.78 bits per heavy atom. The molecular formula is C34H39FO6. The number of carboxylic acids is 1. The van der Waals surface area contributed by atoms with Gasteiger partial charge in [0.2, 0.25) is 0 Å². The van der Waals surface area contributed by atoms with Gasteiger partial charge < -0.3 is 24.4 Å². The fourth-order valence-electron chi connectivity index (χ4n) is 6.05. The van der Waals surface area contributed by atoms with Crippen molar-refractivity contribution in [1.29, 1.82) is 0 Å². The summed E-state index contributed by atoms with van der Waals surface area (Å²) < 4.78 is 32.8. The highest BCUT2D eigenvalue weighted by molar-refractivity contribution is 5.71. The van der Waals surface area contributed by atoms with Crippen molar-refractivity contribution in [2.45, 2.75) is 71.2 Å². The highest BCUT2D eigenvalue weighted by Gasteiger charge is 2.50. The van der Waals surface area contributed by atoms with Crippen LogP contribution in [0.2, 0.25) is 0 Å². The molecule has 1 saturated carbocycles. The summed E-state index contributed by atoms with van der Waals surface area (Å²) in [6.07, 6.45) is 3.67. The number of halogens is 1. The number of rotatable bonds is 10. The molecule has 1 aliphatic heterocycles. The molecule has 1 unspecified atom stereocenters. The van der Waals surface area contributed by atoms with Gasteiger partial charge in [-0.2, -0.15) is 0 Å². The Bertz CT molecular complexity index is 1430. The number of benzene rings is 3. The fourth-order valence-corrected chi connectivity index (χ4v) is 6.05. The number of aliphatic carboxylic acids is 1. The molecule has 0 bridgehead atoms. The minimum Gasteiger partial charge on any atom is -0.497 e. The second kappa shape index (κ2) is 11.1. The number of ether oxygens (including phenoxy) is 3. The third kappa shape index (κ3) is 5.84. The van der Waals surface area contributed by atoms with Gasteiger partial charge in [-0.05, 0) is 90.1 Å². The Balaban J connectivity index is 1.48. The Labute approximate surface area is 241 Å². The first-order valence-electron chi connectivity index (χ1n) is 14.2. The van der Waals surface area contributed by atoms with E-state index in [0.717, 1.165) is 36.8 Å². The molecule has 2 fully saturated rings. The van der Waals surface area contributed by atoms with Crippen molar-refractivity contribution >= 4 is 5.97 Å². The van der Waals surface area contributed by atoms with E-state index in [1.807, 2.05) is 50.2 Å². The van der Waals surface area contributed by atoms with Gasteiger partial charge in [0.05, 0.1) is 20.1 Å². The summed E-state index contributed by atoms with van der Waals surface area (Å²) in [5, 5.41) is 21.5. The third-order valence-electron chi connectivity index (χ3n) is 9.01. The standard InChI is InChI=1S/C34H39FO6/c1-32(2)13-6-16-41-34(32,38)29-17-22(9-11-26(29)27-19-24(39-4)10-12-30(27)35)21-40-25-8-5-7-23(18-25)28(20-31(36)37)33(3)14-15-33/h5,7-12,17-19,28,38H,6,13-16,20-21H2,1-4H3,(H,36,37)/t28-,34?/m1/s1. The zero-order valence-corrected chi connectivity index (χ0v) is 24.2. The predicted molar refractivity (Wildman–Crippen MR) is 154 cm³/mol. The van der Waals surface area contributed by atoms with Crippen LogP contribution in [0.25, 0.3) is 11.1 Å². The second-order valence-corrected chi connectivity index (χ2v) is 12.4. The molecule has 2 aliphatic rings. The largest absolute Gasteiger partial charge is 0.497 e. The van der Waals surface area contributed by atoms with E-state index in [2.05, 4.69) is 6.92 Å². The zero-order valence-electron chi connectivity index (χ0n) is 24.2. The third-order valence-corrected chi connectivity index (χ3v) is 9.01. The normalized spacial score (nSPS) is 21.6. The number of carbonyl (C=O) groups is 1. The maximum Gasteiger partial charge on any atom is 0.303 e. The SMILES string of the molecule is COc1ccc(F)c(-c2ccc(COc3cccc([C@@H](CC(=O)O)C4(C)CC4)c3)cc2C2(O)OCCCC2(C)C)c1. The van der Waals surface area contributed by atoms with E-state index in [-0.39, 0.29) is 24.4 Å². The van der Waals surface area contributed by atoms with Crippen molar-refractivity contribution in [2.24, 2.45) is 10.8 Å². The molecule has 2 N–H and O–H groups in total. The van der Waals surface area contributed by atoms with Crippen LogP contribution in [0.1, 0.15) is 75.5 Å². The average Bonchev–Trinajstić information content (AvgIpc) is 3.70. The van der Waals surface area contributed by atoms with Crippen molar-refractivity contribution < 1.29 is 33.6 Å². The lowest BCUT2D eigenvalue weighted by molar-refractivity contribution is -0.297. The van der Waals surface area contributed by atoms with Gasteiger partial charge in [0.25, 0.3) is 0 Å². The first-order chi connectivity index (χ1) is 19.5. The van der Waals surface area contributed by atoms with Crippen LogP contribution in [0.5, 0.6) is 11.5 Å². The van der Waals surface area contributed by atoms with E-state index >= 15 is 4.39 Å². The lowest BCUT2D eigenvalue weighted by Crippen LogP contribution is -2.48. The summed E-state index contributed by atoms with van der Waals surface area (Å²) in [4.78, 5) is 11.6. The molecule has 6 nitrogen and oxygen atoms in total. The van der Waals surface area contributed by atoms with E-state index in [1.165, 1.54) is 13.2 Å². The summed E-state index contributed by atoms with van der Waals surface area (Å²) >= 11 is 0. The smallest absolute Gasteiger partial charge is 0.303 e. The van der Waals surface area contributed by atoms with Gasteiger partial charge >= 0.3 is 5.97 Å². The summed E-state index contributed by atoms with van der Waals surface area (Å²) in [6.45, 7) is 6.65. The summed E-state index contributed by atoms with van der Waals surface area (Å²) in [7, 11) is 1.53. The van der Waals surface area contributed by atoms with E-state index in [0.29, 0.717) is 34.8 Å². The predicted octanol–water partition coefficient (Wildman–Crippen LogP) is 7.42. The number of methoxy groups -OCH3 is 1. The Morgan fingerprint density at radius 3 is 2.46 bits per heavy atom. The summed E-state index contributed by atoms with van der Waals surface area (Å²) in [6, 6.07) is 17.7. The van der Waals surface area contributed by atoms with Crippen molar-refractivity contribution in [3.05, 3.63) is 83.2 Å². The fraction of sp³-hybridized carbons (Fsp3) is 0.441. The van der Waals surface area contributed by atoms with E-state index in [9.17, 15) is 15.0 Å². The molecule has 5 rings (SSSR count). The quantitative estimate of drug-likeness (QED) is 0.267. The van der Waals surface area contributed by atoms with Gasteiger partial charge in [0.1, 0.15) is 23.9 Å². The molecule has 0 aromatic heterocycles. The van der Waals surface area contributed by atoms with E-state index in [4.69, 9.17) is 14.2 Å². The van der Waals surface area contributed by atoms with Crippen LogP contribution in [-0.4, -0.2) is 29.9 Å². The number of carboxylic acid groups (broad SMARTS) is 1. The topological polar surface area (TPSA) is 85.2 Å². The molecule has 218 valence electrons. The Hall–Kier alpha value is -3.42. The first-order valence-corrected chi connectivity index (χ1v) is 14.2. The molecule has 1 saturated heterocycles. The zero-order chi connectivity index (χ0) is 29.4. The monoisotopic (exact) mass is 562 g/mol. The van der Waals surface area contributed by atoms with Gasteiger partial charge in [-0.25, -0.2) is 4.39 Å². The van der Waals surface area contributed by atoms with Crippen LogP contribution < -0.4 is 9.47 Å². The first kappa shape index (κ1) is 29.1. The van der Waals surface area contributed by atoms with Crippen LogP contribution in [0.15, 0.2) is 60.7 Å². The van der Waals surface area contributed by atoms with Crippen LogP contribution in [0, 0.1) is 16.6 Å². The number of hydrogen-bond acceptors (Lipinski definition) is 5. The highest BCUT2D eigenvalue weighted by atomic mass is 19.1. The molecule has 7 heteroatoms. The summed E-state index contributed by atoms with van der Waals surface area (Å²) in [5.74, 6) is -1.80. The van der Waals surface area contributed by atoms with E-state index in [1.54, 1.807) is 18.2 Å². The van der Waals surface area contributed by atoms with Gasteiger partial charge in [-0.1, -0.05) is 45.0 Å². The van der Waals surface area contributed by atoms with Crippen molar-refractivity contribution in [3.8, 4) is 22.6 Å². The second-order valence-electron chi connectivity index (χ2n) is 12.4. The molecule has 41 heavy (non-hydrogen) atoms. The Morgan fingerprint density at radius 1 is 1.00 bits per heavy atom. The van der Waals surface area contributed by atoms with Crippen molar-refractivity contribution in [1.82, 2.24) is 0 Å². The molecule has 1 aliphatic carbocycles. The van der Waals surface area contributed by atoms with Gasteiger partial charge in [-0.3, -0.25) is 4.79 Å². The molecule has 3 aromatic carbocycles. The molecule has 0 spiro atoms. The maximum absolute atomic E-state index is 15.2. The number of aliphatic hydroxyl groups is 1. The van der Waals surface area contributed by atoms with Gasteiger partial charge in [0, 0.05) is 16.5 Å². The lowest BCUT2D eigenvalue weighted by Gasteiger charge is -2.47. The molecule has 0 amide bonds. The molecule has 3 aromatic rings. The van der Waals surface area contributed by atoms with Gasteiger partial charge in [-0.15, -0.1) is 0 Å². The molecule has 1 heterocycles. The molecule has 0 radical (unpaired) electrons. The minimum absolute atomic E-state index is 0.000612. The number of hydrogen-bond donors (Lipinski definition) is 2. The van der Waals surface area contributed by atoms with Gasteiger partial charge in [0.15, 0.2) is 5.79 Å². The average molecular weight is 563 g/mol. The van der Waals surface area contributed by atoms with E-state index < -0.39 is 23.0 Å². The molecule has 2 atom stereocenters. The Kier molecular flexibility index (Phi) is 7.88. The van der Waals surface area contributed by atoms with Crippen LogP contribution in [0.3, 0.4) is 0 Å². The van der Waals surface area contributed by atoms with Crippen LogP contribution in [0.4, 0.5) is 4.39 Å². The summed E-state index contributed by atoms with van der Waals surface area (Å²) in [5.41, 5.74) is 2.44. The highest BCUT2D eigenvalue weighted by Crippen LogP contribution is 2.57. The van der Waals surface area contributed by atoms with Crippen molar-refractivity contribution in [3.63, 3.8) is 0 Å². The van der Waals surface area contributed by atoms with Crippen LogP contribution in [-0.2, 0) is 21.9 Å². The minimum atomic E-state index is -1.64. The van der Waals surface area contributed by atoms with Crippen LogP contribution >= 0.6 is 0 Å². The molecular weight excluding hydrogens is 523 g/mol. The lowest BCUT2D eigenvalue weighted by atomic mass is 9.72. The maximum atomic E-state index is 15.2. The van der Waals surface area contributed by atoms with Crippen molar-refractivity contribution in [2.75, 3.05) is 13.7 Å².